The molecular weight excluding hydrogens is 255 g/mol. The van der Waals surface area contributed by atoms with Crippen LogP contribution in [-0.4, -0.2) is 36.1 Å². The Hall–Kier alpha value is -0.440. The molecule has 94 valence electrons. The molecule has 1 aromatic carbocycles. The van der Waals surface area contributed by atoms with Gasteiger partial charge in [0, 0.05) is 36.9 Å². The van der Waals surface area contributed by atoms with Gasteiger partial charge in [0.15, 0.2) is 0 Å². The summed E-state index contributed by atoms with van der Waals surface area (Å²) in [4.78, 5) is 4.40. The Bertz CT molecular complexity index is 379. The highest BCUT2D eigenvalue weighted by molar-refractivity contribution is 6.30. The molecule has 0 amide bonds. The molecule has 0 aliphatic carbocycles. The van der Waals surface area contributed by atoms with E-state index in [-0.39, 0.29) is 5.00 Å². The Morgan fingerprint density at radius 3 is 2.29 bits per heavy atom. The lowest BCUT2D eigenvalue weighted by molar-refractivity contribution is 0.179. The Morgan fingerprint density at radius 2 is 1.76 bits per heavy atom. The molecule has 1 saturated heterocycles. The van der Waals surface area contributed by atoms with Gasteiger partial charge in [-0.05, 0) is 32.0 Å². The molecule has 1 fully saturated rings. The first kappa shape index (κ1) is 13.0. The van der Waals surface area contributed by atoms with Gasteiger partial charge in [-0.1, -0.05) is 17.7 Å². The molecule has 2 nitrogen and oxygen atoms in total. The molecule has 0 spiro atoms. The lowest BCUT2D eigenvalue weighted by Gasteiger charge is -2.41. The molecule has 0 unspecified atom stereocenters. The first-order valence-electron chi connectivity index (χ1n) is 5.91. The van der Waals surface area contributed by atoms with Crippen molar-refractivity contribution in [2.45, 2.75) is 18.8 Å². The first-order valence-corrected chi connectivity index (χ1v) is 6.67. The van der Waals surface area contributed by atoms with Crippen LogP contribution in [0.25, 0.3) is 0 Å². The highest BCUT2D eigenvalue weighted by atomic mass is 35.5. The lowest BCUT2D eigenvalue weighted by atomic mass is 10.2. The number of anilines is 1. The molecule has 1 aliphatic heterocycles. The van der Waals surface area contributed by atoms with Crippen molar-refractivity contribution >= 4 is 28.9 Å². The summed E-state index contributed by atoms with van der Waals surface area (Å²) in [5, 5.41) is 0.794. The van der Waals surface area contributed by atoms with Gasteiger partial charge < -0.3 is 4.90 Å². The van der Waals surface area contributed by atoms with Gasteiger partial charge in [-0.15, -0.1) is 11.6 Å². The summed E-state index contributed by atoms with van der Waals surface area (Å²) in [6.45, 7) is 8.06. The number of piperazine rings is 1. The van der Waals surface area contributed by atoms with Crippen molar-refractivity contribution in [3.05, 3.63) is 29.3 Å². The largest absolute Gasteiger partial charge is 0.369 e. The quantitative estimate of drug-likeness (QED) is 0.601. The maximum Gasteiger partial charge on any atom is 0.0904 e. The summed E-state index contributed by atoms with van der Waals surface area (Å²) >= 11 is 12.3. The Morgan fingerprint density at radius 1 is 1.12 bits per heavy atom. The van der Waals surface area contributed by atoms with E-state index >= 15 is 0 Å². The van der Waals surface area contributed by atoms with Crippen LogP contribution in [-0.2, 0) is 0 Å². The maximum absolute atomic E-state index is 6.32. The molecule has 2 rings (SSSR count). The second-order valence-corrected chi connectivity index (χ2v) is 6.23. The summed E-state index contributed by atoms with van der Waals surface area (Å²) in [5.74, 6) is 0. The van der Waals surface area contributed by atoms with Crippen LogP contribution in [0.5, 0.6) is 0 Å². The second kappa shape index (κ2) is 5.05. The topological polar surface area (TPSA) is 6.48 Å². The minimum Gasteiger partial charge on any atom is -0.369 e. The van der Waals surface area contributed by atoms with E-state index in [0.29, 0.717) is 0 Å². The Labute approximate surface area is 113 Å². The van der Waals surface area contributed by atoms with E-state index in [2.05, 4.69) is 15.9 Å². The SMILES string of the molecule is CC(C)(Cl)N1CCN(c2cccc(Cl)c2)CC1. The van der Waals surface area contributed by atoms with Gasteiger partial charge in [0.05, 0.1) is 5.00 Å². The van der Waals surface area contributed by atoms with E-state index in [4.69, 9.17) is 23.2 Å². The number of hydrogen-bond donors (Lipinski definition) is 0. The minimum absolute atomic E-state index is 0.250. The van der Waals surface area contributed by atoms with Gasteiger partial charge in [0.25, 0.3) is 0 Å². The van der Waals surface area contributed by atoms with Crippen molar-refractivity contribution in [1.82, 2.24) is 4.90 Å². The second-order valence-electron chi connectivity index (χ2n) is 4.86. The fraction of sp³-hybridized carbons (Fsp3) is 0.538. The highest BCUT2D eigenvalue weighted by Gasteiger charge is 2.27. The van der Waals surface area contributed by atoms with E-state index in [1.54, 1.807) is 0 Å². The zero-order valence-corrected chi connectivity index (χ0v) is 11.8. The summed E-state index contributed by atoms with van der Waals surface area (Å²) < 4.78 is 0. The first-order chi connectivity index (χ1) is 7.97. The summed E-state index contributed by atoms with van der Waals surface area (Å²) in [6.07, 6.45) is 0. The number of halogens is 2. The van der Waals surface area contributed by atoms with Gasteiger partial charge in [-0.2, -0.15) is 0 Å². The normalized spacial score (nSPS) is 18.5. The monoisotopic (exact) mass is 272 g/mol. The fourth-order valence-corrected chi connectivity index (χ4v) is 2.52. The van der Waals surface area contributed by atoms with Crippen molar-refractivity contribution in [2.24, 2.45) is 0 Å². The van der Waals surface area contributed by atoms with Gasteiger partial charge in [0.2, 0.25) is 0 Å². The number of alkyl halides is 1. The molecule has 0 aromatic heterocycles. The maximum atomic E-state index is 6.32. The van der Waals surface area contributed by atoms with Crippen molar-refractivity contribution in [2.75, 3.05) is 31.1 Å². The molecule has 1 heterocycles. The third-order valence-electron chi connectivity index (χ3n) is 3.20. The number of benzene rings is 1. The van der Waals surface area contributed by atoms with Gasteiger partial charge >= 0.3 is 0 Å². The smallest absolute Gasteiger partial charge is 0.0904 e. The molecule has 4 heteroatoms. The third kappa shape index (κ3) is 3.27. The van der Waals surface area contributed by atoms with Crippen LogP contribution in [0.4, 0.5) is 5.69 Å². The minimum atomic E-state index is -0.250. The summed E-state index contributed by atoms with van der Waals surface area (Å²) in [5.41, 5.74) is 1.20. The van der Waals surface area contributed by atoms with Crippen LogP contribution in [0.3, 0.4) is 0 Å². The predicted molar refractivity (Wildman–Crippen MR) is 75.2 cm³/mol. The average molecular weight is 273 g/mol. The van der Waals surface area contributed by atoms with Crippen molar-refractivity contribution in [1.29, 1.82) is 0 Å². The fourth-order valence-electron chi connectivity index (χ4n) is 2.17. The lowest BCUT2D eigenvalue weighted by Crippen LogP contribution is -2.52. The van der Waals surface area contributed by atoms with E-state index in [0.717, 1.165) is 31.2 Å². The van der Waals surface area contributed by atoms with Crippen molar-refractivity contribution in [3.8, 4) is 0 Å². The molecule has 17 heavy (non-hydrogen) atoms. The van der Waals surface area contributed by atoms with Crippen LogP contribution >= 0.6 is 23.2 Å². The van der Waals surface area contributed by atoms with E-state index < -0.39 is 0 Å². The molecule has 0 saturated carbocycles. The molecule has 0 bridgehead atoms. The molecule has 0 atom stereocenters. The van der Waals surface area contributed by atoms with E-state index in [9.17, 15) is 0 Å². The number of hydrogen-bond acceptors (Lipinski definition) is 2. The zero-order valence-electron chi connectivity index (χ0n) is 10.3. The van der Waals surface area contributed by atoms with Crippen LogP contribution in [0.15, 0.2) is 24.3 Å². The van der Waals surface area contributed by atoms with Gasteiger partial charge in [-0.3, -0.25) is 4.90 Å². The van der Waals surface area contributed by atoms with Crippen LogP contribution in [0, 0.1) is 0 Å². The van der Waals surface area contributed by atoms with Crippen LogP contribution < -0.4 is 4.90 Å². The zero-order chi connectivity index (χ0) is 12.5. The number of nitrogens with zero attached hydrogens (tertiary/aromatic N) is 2. The average Bonchev–Trinajstić information content (AvgIpc) is 2.28. The highest BCUT2D eigenvalue weighted by Crippen LogP contribution is 2.24. The molecule has 1 aliphatic rings. The Kier molecular flexibility index (Phi) is 3.86. The van der Waals surface area contributed by atoms with Crippen LogP contribution in [0.2, 0.25) is 5.02 Å². The standard InChI is InChI=1S/C13H18Cl2N2/c1-13(2,15)17-8-6-16(7-9-17)12-5-3-4-11(14)10-12/h3-5,10H,6-9H2,1-2H3. The number of rotatable bonds is 2. The predicted octanol–water partition coefficient (Wildman–Crippen LogP) is 3.44. The molecule has 1 aromatic rings. The van der Waals surface area contributed by atoms with E-state index in [1.165, 1.54) is 5.69 Å². The summed E-state index contributed by atoms with van der Waals surface area (Å²) in [6, 6.07) is 8.02. The molecule has 0 N–H and O–H groups in total. The summed E-state index contributed by atoms with van der Waals surface area (Å²) in [7, 11) is 0. The van der Waals surface area contributed by atoms with Gasteiger partial charge in [-0.25, -0.2) is 0 Å². The van der Waals surface area contributed by atoms with Crippen molar-refractivity contribution in [3.63, 3.8) is 0 Å². The van der Waals surface area contributed by atoms with Crippen LogP contribution in [0.1, 0.15) is 13.8 Å². The van der Waals surface area contributed by atoms with Gasteiger partial charge in [0.1, 0.15) is 0 Å². The van der Waals surface area contributed by atoms with Crippen molar-refractivity contribution < 1.29 is 0 Å². The Balaban J connectivity index is 2.00. The molecular formula is C13H18Cl2N2. The van der Waals surface area contributed by atoms with E-state index in [1.807, 2.05) is 32.0 Å². The molecule has 0 radical (unpaired) electrons. The third-order valence-corrected chi connectivity index (χ3v) is 3.68.